The molecular formula is C24H29NO6. The van der Waals surface area contributed by atoms with Gasteiger partial charge in [0.05, 0.1) is 5.92 Å². The van der Waals surface area contributed by atoms with Gasteiger partial charge >= 0.3 is 18.0 Å². The van der Waals surface area contributed by atoms with Crippen LogP contribution in [0.15, 0.2) is 43.5 Å². The molecule has 4 unspecified atom stereocenters. The van der Waals surface area contributed by atoms with E-state index in [2.05, 4.69) is 18.5 Å². The fourth-order valence-electron chi connectivity index (χ4n) is 4.74. The largest absolute Gasteiger partial charge is 0.461 e. The number of hydrogen-bond acceptors (Lipinski definition) is 6. The molecule has 7 heteroatoms. The van der Waals surface area contributed by atoms with Gasteiger partial charge in [-0.2, -0.15) is 0 Å². The van der Waals surface area contributed by atoms with Crippen molar-refractivity contribution >= 4 is 18.0 Å². The maximum absolute atomic E-state index is 13.3. The number of nitrogens with one attached hydrogen (secondary N) is 1. The molecule has 1 aromatic carbocycles. The number of ether oxygens (including phenoxy) is 3. The van der Waals surface area contributed by atoms with Crippen molar-refractivity contribution in [2.75, 3.05) is 13.2 Å². The van der Waals surface area contributed by atoms with Crippen LogP contribution in [0.1, 0.15) is 29.5 Å². The number of hydrogen-bond donors (Lipinski definition) is 1. The zero-order chi connectivity index (χ0) is 22.6. The Balaban J connectivity index is 1.77. The van der Waals surface area contributed by atoms with Crippen LogP contribution in [-0.2, 0) is 30.4 Å². The highest BCUT2D eigenvalue weighted by Crippen LogP contribution is 2.63. The Morgan fingerprint density at radius 3 is 2.35 bits per heavy atom. The summed E-state index contributed by atoms with van der Waals surface area (Å²) < 4.78 is 15.9. The molecule has 0 spiro atoms. The first-order valence-corrected chi connectivity index (χ1v) is 10.4. The van der Waals surface area contributed by atoms with Gasteiger partial charge in [-0.3, -0.25) is 4.79 Å². The fraction of sp³-hybridized carbons (Fsp3) is 0.458. The third-order valence-corrected chi connectivity index (χ3v) is 5.90. The summed E-state index contributed by atoms with van der Waals surface area (Å²) in [5, 5.41) is 2.71. The Labute approximate surface area is 182 Å². The van der Waals surface area contributed by atoms with Crippen molar-refractivity contribution < 1.29 is 28.6 Å². The van der Waals surface area contributed by atoms with E-state index >= 15 is 0 Å². The second-order valence-corrected chi connectivity index (χ2v) is 8.23. The molecule has 166 valence electrons. The van der Waals surface area contributed by atoms with Crippen molar-refractivity contribution in [3.05, 3.63) is 60.2 Å². The van der Waals surface area contributed by atoms with Gasteiger partial charge in [0.2, 0.25) is 0 Å². The third kappa shape index (κ3) is 4.81. The van der Waals surface area contributed by atoms with Gasteiger partial charge in [-0.05, 0) is 38.2 Å². The Morgan fingerprint density at radius 2 is 1.71 bits per heavy atom. The van der Waals surface area contributed by atoms with Crippen molar-refractivity contribution in [1.29, 1.82) is 0 Å². The van der Waals surface area contributed by atoms with Gasteiger partial charge in [-0.15, -0.1) is 0 Å². The molecule has 2 aliphatic rings. The predicted molar refractivity (Wildman–Crippen MR) is 114 cm³/mol. The molecule has 1 amide bonds. The quantitative estimate of drug-likeness (QED) is 0.369. The number of benzene rings is 1. The monoisotopic (exact) mass is 427 g/mol. The molecule has 1 N–H and O–H groups in total. The van der Waals surface area contributed by atoms with Gasteiger partial charge < -0.3 is 19.5 Å². The number of rotatable bonds is 9. The van der Waals surface area contributed by atoms with Crippen molar-refractivity contribution in [2.45, 2.75) is 38.8 Å². The van der Waals surface area contributed by atoms with E-state index in [1.165, 1.54) is 12.2 Å². The summed E-state index contributed by atoms with van der Waals surface area (Å²) in [5.74, 6) is -1.82. The minimum Gasteiger partial charge on any atom is -0.461 e. The molecule has 0 bridgehead atoms. The lowest BCUT2D eigenvalue weighted by atomic mass is 9.90. The lowest BCUT2D eigenvalue weighted by Crippen LogP contribution is -2.56. The summed E-state index contributed by atoms with van der Waals surface area (Å²) in [6.07, 6.45) is 3.18. The minimum absolute atomic E-state index is 0.0123. The summed E-state index contributed by atoms with van der Waals surface area (Å²) in [6.45, 7) is 11.2. The van der Waals surface area contributed by atoms with Crippen LogP contribution in [0.25, 0.3) is 0 Å². The molecule has 0 saturated heterocycles. The van der Waals surface area contributed by atoms with E-state index < -0.39 is 23.5 Å². The molecule has 2 saturated carbocycles. The molecule has 0 heterocycles. The van der Waals surface area contributed by atoms with Crippen LogP contribution in [-0.4, -0.2) is 36.8 Å². The number of alkyl carbamates (subject to hydrolysis) is 1. The van der Waals surface area contributed by atoms with Crippen LogP contribution in [0.3, 0.4) is 0 Å². The molecule has 0 aliphatic heterocycles. The summed E-state index contributed by atoms with van der Waals surface area (Å²) in [6, 6.07) is 5.93. The highest BCUT2D eigenvalue weighted by Gasteiger charge is 2.72. The van der Waals surface area contributed by atoms with Crippen molar-refractivity contribution in [1.82, 2.24) is 5.32 Å². The van der Waals surface area contributed by atoms with E-state index in [4.69, 9.17) is 14.2 Å². The van der Waals surface area contributed by atoms with Crippen molar-refractivity contribution in [3.8, 4) is 0 Å². The molecule has 2 fully saturated rings. The van der Waals surface area contributed by atoms with Crippen LogP contribution >= 0.6 is 0 Å². The molecule has 1 aromatic rings. The molecule has 7 nitrogen and oxygen atoms in total. The number of esters is 2. The van der Waals surface area contributed by atoms with E-state index in [1.807, 2.05) is 32.0 Å². The Bertz CT molecular complexity index is 874. The summed E-state index contributed by atoms with van der Waals surface area (Å²) >= 11 is 0. The van der Waals surface area contributed by atoms with E-state index in [-0.39, 0.29) is 37.6 Å². The lowest BCUT2D eigenvalue weighted by Gasteiger charge is -2.30. The topological polar surface area (TPSA) is 90.9 Å². The van der Waals surface area contributed by atoms with Crippen LogP contribution in [0.5, 0.6) is 0 Å². The van der Waals surface area contributed by atoms with Gasteiger partial charge in [-0.25, -0.2) is 9.59 Å². The van der Waals surface area contributed by atoms with Crippen molar-refractivity contribution in [2.24, 2.45) is 17.8 Å². The van der Waals surface area contributed by atoms with E-state index in [0.717, 1.165) is 16.7 Å². The number of carbonyl (C=O) groups excluding carboxylic acids is 3. The van der Waals surface area contributed by atoms with Gasteiger partial charge in [0.1, 0.15) is 25.4 Å². The first kappa shape index (κ1) is 22.6. The molecule has 4 atom stereocenters. The number of aryl methyl sites for hydroxylation is 2. The van der Waals surface area contributed by atoms with Crippen molar-refractivity contribution in [3.63, 3.8) is 0 Å². The zero-order valence-electron chi connectivity index (χ0n) is 18.0. The SMILES string of the molecule is C=CCOC(=O)NC1(C(=O)OCc2cc(C)cc(C)c2)CCC2C(C(=O)OCC=C)C21. The number of carbonyl (C=O) groups is 3. The standard InChI is InChI=1S/C24H29NO6/c1-5-9-29-21(26)19-18-7-8-24(20(18)19,25-23(28)30-10-6-2)22(27)31-14-17-12-15(3)11-16(4)13-17/h5-6,11-13,18-20H,1-2,7-10,14H2,3-4H3,(H,25,28). The van der Waals surface area contributed by atoms with E-state index in [9.17, 15) is 14.4 Å². The van der Waals surface area contributed by atoms with E-state index in [0.29, 0.717) is 12.8 Å². The zero-order valence-corrected chi connectivity index (χ0v) is 18.0. The molecular weight excluding hydrogens is 398 g/mol. The van der Waals surface area contributed by atoms with Gasteiger partial charge in [0, 0.05) is 5.92 Å². The smallest absolute Gasteiger partial charge is 0.408 e. The fourth-order valence-corrected chi connectivity index (χ4v) is 4.74. The first-order chi connectivity index (χ1) is 14.8. The maximum atomic E-state index is 13.3. The predicted octanol–water partition coefficient (Wildman–Crippen LogP) is 3.38. The number of amides is 1. The van der Waals surface area contributed by atoms with Crippen LogP contribution in [0, 0.1) is 31.6 Å². The van der Waals surface area contributed by atoms with Gasteiger partial charge in [0.25, 0.3) is 0 Å². The van der Waals surface area contributed by atoms with Gasteiger partial charge in [0.15, 0.2) is 0 Å². The highest BCUT2D eigenvalue weighted by atomic mass is 16.6. The Hall–Kier alpha value is -3.09. The number of fused-ring (bicyclic) bond motifs is 1. The minimum atomic E-state index is -1.32. The lowest BCUT2D eigenvalue weighted by molar-refractivity contribution is -0.155. The van der Waals surface area contributed by atoms with E-state index in [1.54, 1.807) is 0 Å². The molecule has 31 heavy (non-hydrogen) atoms. The summed E-state index contributed by atoms with van der Waals surface area (Å²) in [7, 11) is 0. The molecule has 0 radical (unpaired) electrons. The van der Waals surface area contributed by atoms with Crippen LogP contribution < -0.4 is 5.32 Å². The first-order valence-electron chi connectivity index (χ1n) is 10.4. The second kappa shape index (κ2) is 9.37. The molecule has 2 aliphatic carbocycles. The molecule has 3 rings (SSSR count). The average molecular weight is 427 g/mol. The second-order valence-electron chi connectivity index (χ2n) is 8.23. The van der Waals surface area contributed by atoms with Crippen LogP contribution in [0.2, 0.25) is 0 Å². The van der Waals surface area contributed by atoms with Gasteiger partial charge in [-0.1, -0.05) is 54.6 Å². The third-order valence-electron chi connectivity index (χ3n) is 5.90. The summed E-state index contributed by atoms with van der Waals surface area (Å²) in [4.78, 5) is 38.0. The molecule has 0 aromatic heterocycles. The van der Waals surface area contributed by atoms with Crippen LogP contribution in [0.4, 0.5) is 4.79 Å². The summed E-state index contributed by atoms with van der Waals surface area (Å²) in [5.41, 5.74) is 1.68. The normalized spacial score (nSPS) is 25.7. The Morgan fingerprint density at radius 1 is 1.06 bits per heavy atom. The highest BCUT2D eigenvalue weighted by molar-refractivity contribution is 5.90. The average Bonchev–Trinajstić information content (AvgIpc) is 3.35. The Kier molecular flexibility index (Phi) is 6.83. The maximum Gasteiger partial charge on any atom is 0.408 e.